The molecule has 178 valence electrons. The number of aryl methyl sites for hydroxylation is 1. The normalized spacial score (nSPS) is 12.1. The number of rotatable bonds is 19. The standard InChI is InChI=1S/C30H47NO/c1-2-3-4-5-6-10-16-21-30(32)22-17-11-8-7-9-13-18-27-23-25-29(26-24-27)31-28-19-14-12-15-20-28/h12,14-15,19-20,23-26,30-32H,2-11,13,16-18,21-22H2,1H3. The van der Waals surface area contributed by atoms with E-state index in [1.165, 1.54) is 95.5 Å². The van der Waals surface area contributed by atoms with Crippen LogP contribution in [-0.2, 0) is 6.42 Å². The summed E-state index contributed by atoms with van der Waals surface area (Å²) < 4.78 is 0. The molecule has 0 aliphatic carbocycles. The molecule has 2 N–H and O–H groups in total. The molecule has 0 bridgehead atoms. The zero-order valence-electron chi connectivity index (χ0n) is 20.5. The lowest BCUT2D eigenvalue weighted by molar-refractivity contribution is 0.147. The second kappa shape index (κ2) is 17.7. The maximum Gasteiger partial charge on any atom is 0.0540 e. The molecule has 0 fully saturated rings. The van der Waals surface area contributed by atoms with E-state index in [0.29, 0.717) is 0 Å². The van der Waals surface area contributed by atoms with E-state index in [1.807, 2.05) is 6.07 Å². The third-order valence-electron chi connectivity index (χ3n) is 6.41. The molecule has 0 heterocycles. The molecule has 2 aromatic carbocycles. The van der Waals surface area contributed by atoms with Crippen molar-refractivity contribution in [3.8, 4) is 0 Å². The van der Waals surface area contributed by atoms with Crippen LogP contribution >= 0.6 is 0 Å². The Bertz CT molecular complexity index is 667. The molecule has 0 saturated heterocycles. The Morgan fingerprint density at radius 2 is 1.09 bits per heavy atom. The van der Waals surface area contributed by atoms with Crippen molar-refractivity contribution < 1.29 is 5.11 Å². The molecule has 2 aromatic rings. The van der Waals surface area contributed by atoms with Gasteiger partial charge < -0.3 is 10.4 Å². The topological polar surface area (TPSA) is 32.3 Å². The molecule has 2 nitrogen and oxygen atoms in total. The van der Waals surface area contributed by atoms with Crippen molar-refractivity contribution in [1.82, 2.24) is 0 Å². The van der Waals surface area contributed by atoms with E-state index >= 15 is 0 Å². The van der Waals surface area contributed by atoms with Crippen LogP contribution in [0.15, 0.2) is 54.6 Å². The third-order valence-corrected chi connectivity index (χ3v) is 6.41. The number of anilines is 2. The lowest BCUT2D eigenvalue weighted by Gasteiger charge is -2.10. The van der Waals surface area contributed by atoms with E-state index in [4.69, 9.17) is 0 Å². The predicted octanol–water partition coefficient (Wildman–Crippen LogP) is 9.21. The summed E-state index contributed by atoms with van der Waals surface area (Å²) in [6, 6.07) is 19.2. The monoisotopic (exact) mass is 437 g/mol. The minimum Gasteiger partial charge on any atom is -0.393 e. The fourth-order valence-corrected chi connectivity index (χ4v) is 4.34. The molecular weight excluding hydrogens is 390 g/mol. The van der Waals surface area contributed by atoms with E-state index in [0.717, 1.165) is 24.2 Å². The van der Waals surface area contributed by atoms with Crippen LogP contribution in [-0.4, -0.2) is 11.2 Å². The van der Waals surface area contributed by atoms with Crippen LogP contribution in [0.3, 0.4) is 0 Å². The first-order valence-corrected chi connectivity index (χ1v) is 13.4. The molecule has 2 heteroatoms. The maximum atomic E-state index is 10.2. The lowest BCUT2D eigenvalue weighted by Crippen LogP contribution is -2.05. The molecule has 1 atom stereocenters. The Balaban J connectivity index is 1.40. The summed E-state index contributed by atoms with van der Waals surface area (Å²) >= 11 is 0. The van der Waals surface area contributed by atoms with Gasteiger partial charge in [0, 0.05) is 11.4 Å². The summed E-state index contributed by atoms with van der Waals surface area (Å²) in [4.78, 5) is 0. The third kappa shape index (κ3) is 12.9. The van der Waals surface area contributed by atoms with E-state index in [1.54, 1.807) is 0 Å². The summed E-state index contributed by atoms with van der Waals surface area (Å²) in [5.41, 5.74) is 3.71. The van der Waals surface area contributed by atoms with E-state index in [-0.39, 0.29) is 6.10 Å². The van der Waals surface area contributed by atoms with Crippen molar-refractivity contribution in [3.05, 3.63) is 60.2 Å². The number of aliphatic hydroxyl groups is 1. The summed E-state index contributed by atoms with van der Waals surface area (Å²) in [7, 11) is 0. The van der Waals surface area contributed by atoms with Gasteiger partial charge in [0.05, 0.1) is 6.10 Å². The molecule has 0 saturated carbocycles. The average molecular weight is 438 g/mol. The SMILES string of the molecule is CCCCCCCCCC(O)CCCCCCCCc1ccc(Nc2ccccc2)cc1. The van der Waals surface area contributed by atoms with Crippen molar-refractivity contribution in [2.45, 2.75) is 116 Å². The predicted molar refractivity (Wildman–Crippen MR) is 141 cm³/mol. The van der Waals surface area contributed by atoms with Crippen LogP contribution in [0.25, 0.3) is 0 Å². The van der Waals surface area contributed by atoms with Gasteiger partial charge in [0.2, 0.25) is 0 Å². The average Bonchev–Trinajstić information content (AvgIpc) is 2.82. The van der Waals surface area contributed by atoms with Crippen molar-refractivity contribution in [3.63, 3.8) is 0 Å². The first kappa shape index (κ1) is 26.5. The summed E-state index contributed by atoms with van der Waals surface area (Å²) in [5, 5.41) is 13.6. The fourth-order valence-electron chi connectivity index (χ4n) is 4.34. The van der Waals surface area contributed by atoms with Gasteiger partial charge in [0.1, 0.15) is 0 Å². The number of hydrogen-bond donors (Lipinski definition) is 2. The Kier molecular flexibility index (Phi) is 14.6. The Labute approximate surface area is 197 Å². The zero-order valence-corrected chi connectivity index (χ0v) is 20.5. The van der Waals surface area contributed by atoms with Crippen LogP contribution in [0.2, 0.25) is 0 Å². The second-order valence-electron chi connectivity index (χ2n) is 9.41. The van der Waals surface area contributed by atoms with Gasteiger partial charge in [-0.15, -0.1) is 0 Å². The highest BCUT2D eigenvalue weighted by Gasteiger charge is 2.04. The van der Waals surface area contributed by atoms with Gasteiger partial charge in [-0.1, -0.05) is 114 Å². The molecule has 0 aliphatic rings. The summed E-state index contributed by atoms with van der Waals surface area (Å²) in [6.45, 7) is 2.27. The minimum atomic E-state index is -0.0648. The number of hydrogen-bond acceptors (Lipinski definition) is 2. The van der Waals surface area contributed by atoms with Gasteiger partial charge in [0.25, 0.3) is 0 Å². The molecule has 0 aromatic heterocycles. The first-order valence-electron chi connectivity index (χ1n) is 13.4. The number of benzene rings is 2. The first-order chi connectivity index (χ1) is 15.8. The van der Waals surface area contributed by atoms with Gasteiger partial charge in [0.15, 0.2) is 0 Å². The zero-order chi connectivity index (χ0) is 22.7. The summed E-state index contributed by atoms with van der Waals surface area (Å²) in [6.07, 6.45) is 20.1. The number of nitrogens with one attached hydrogen (secondary N) is 1. The molecule has 2 rings (SSSR count). The van der Waals surface area contributed by atoms with Crippen molar-refractivity contribution in [2.24, 2.45) is 0 Å². The minimum absolute atomic E-state index is 0.0648. The lowest BCUT2D eigenvalue weighted by atomic mass is 10.0. The quantitative estimate of drug-likeness (QED) is 0.215. The summed E-state index contributed by atoms with van der Waals surface area (Å²) in [5.74, 6) is 0. The molecule has 0 aliphatic heterocycles. The highest BCUT2D eigenvalue weighted by molar-refractivity contribution is 5.59. The smallest absolute Gasteiger partial charge is 0.0540 e. The molecule has 1 unspecified atom stereocenters. The van der Waals surface area contributed by atoms with Crippen molar-refractivity contribution in [2.75, 3.05) is 5.32 Å². The van der Waals surface area contributed by atoms with Gasteiger partial charge in [-0.3, -0.25) is 0 Å². The van der Waals surface area contributed by atoms with Gasteiger partial charge in [-0.25, -0.2) is 0 Å². The van der Waals surface area contributed by atoms with Crippen LogP contribution in [0.4, 0.5) is 11.4 Å². The molecule has 0 radical (unpaired) electrons. The van der Waals surface area contributed by atoms with Crippen LogP contribution < -0.4 is 5.32 Å². The van der Waals surface area contributed by atoms with Gasteiger partial charge in [-0.05, 0) is 55.5 Å². The molecule has 32 heavy (non-hydrogen) atoms. The van der Waals surface area contributed by atoms with Crippen LogP contribution in [0.1, 0.15) is 109 Å². The number of unbranched alkanes of at least 4 members (excludes halogenated alkanes) is 11. The van der Waals surface area contributed by atoms with E-state index < -0.39 is 0 Å². The van der Waals surface area contributed by atoms with Crippen LogP contribution in [0.5, 0.6) is 0 Å². The Morgan fingerprint density at radius 3 is 1.69 bits per heavy atom. The van der Waals surface area contributed by atoms with E-state index in [9.17, 15) is 5.11 Å². The molecule has 0 amide bonds. The Hall–Kier alpha value is -1.80. The fraction of sp³-hybridized carbons (Fsp3) is 0.600. The van der Waals surface area contributed by atoms with Gasteiger partial charge in [-0.2, -0.15) is 0 Å². The van der Waals surface area contributed by atoms with Crippen LogP contribution in [0, 0.1) is 0 Å². The highest BCUT2D eigenvalue weighted by Crippen LogP contribution is 2.18. The highest BCUT2D eigenvalue weighted by atomic mass is 16.3. The maximum absolute atomic E-state index is 10.2. The number of aliphatic hydroxyl groups excluding tert-OH is 1. The molecule has 0 spiro atoms. The van der Waals surface area contributed by atoms with Crippen molar-refractivity contribution in [1.29, 1.82) is 0 Å². The Morgan fingerprint density at radius 1 is 0.594 bits per heavy atom. The largest absolute Gasteiger partial charge is 0.393 e. The van der Waals surface area contributed by atoms with E-state index in [2.05, 4.69) is 60.8 Å². The van der Waals surface area contributed by atoms with Gasteiger partial charge >= 0.3 is 0 Å². The van der Waals surface area contributed by atoms with Crippen molar-refractivity contribution >= 4 is 11.4 Å². The second-order valence-corrected chi connectivity index (χ2v) is 9.41. The number of para-hydroxylation sites is 1. The molecular formula is C30H47NO.